The molecule has 28 heavy (non-hydrogen) atoms. The monoisotopic (exact) mass is 406 g/mol. The van der Waals surface area contributed by atoms with Gasteiger partial charge in [-0.15, -0.1) is 0 Å². The number of carbonyl (C=O) groups excluding carboxylic acids is 1. The molecule has 0 amide bonds. The standard InChI is InChI=1S/C21H42O7/c1-2-3-4-5-6-7-8-9-10-11-12-13-14-19(25)28-18(16-23)21(27)20(26)17(24)15-22/h17-18,20-24,26-27H,2-16H2,1H3/t17-,18-,20-,21-/m1/s1. The molecule has 0 saturated carbocycles. The third-order valence-electron chi connectivity index (χ3n) is 5.01. The van der Waals surface area contributed by atoms with Crippen LogP contribution >= 0.6 is 0 Å². The van der Waals surface area contributed by atoms with Gasteiger partial charge in [-0.05, 0) is 6.42 Å². The highest BCUT2D eigenvalue weighted by Crippen LogP contribution is 2.14. The number of hydrogen-bond donors (Lipinski definition) is 5. The Morgan fingerprint density at radius 2 is 1.18 bits per heavy atom. The van der Waals surface area contributed by atoms with Crippen LogP contribution in [0.15, 0.2) is 0 Å². The van der Waals surface area contributed by atoms with Crippen LogP contribution in [0.2, 0.25) is 0 Å². The molecule has 0 spiro atoms. The fourth-order valence-corrected chi connectivity index (χ4v) is 3.11. The van der Waals surface area contributed by atoms with E-state index in [9.17, 15) is 25.2 Å². The second kappa shape index (κ2) is 18.3. The van der Waals surface area contributed by atoms with Crippen molar-refractivity contribution in [1.82, 2.24) is 0 Å². The van der Waals surface area contributed by atoms with Crippen molar-refractivity contribution in [1.29, 1.82) is 0 Å². The highest BCUT2D eigenvalue weighted by molar-refractivity contribution is 5.69. The molecule has 0 aliphatic carbocycles. The zero-order valence-electron chi connectivity index (χ0n) is 17.5. The molecule has 7 heteroatoms. The number of aliphatic hydroxyl groups is 5. The van der Waals surface area contributed by atoms with Crippen LogP contribution in [0.4, 0.5) is 0 Å². The molecule has 0 aromatic carbocycles. The third kappa shape index (κ3) is 13.4. The normalized spacial score (nSPS) is 15.8. The molecule has 0 fully saturated rings. The molecule has 0 unspecified atom stereocenters. The van der Waals surface area contributed by atoms with Gasteiger partial charge in [0.25, 0.3) is 0 Å². The number of carbonyl (C=O) groups is 1. The van der Waals surface area contributed by atoms with Crippen LogP contribution in [0.25, 0.3) is 0 Å². The van der Waals surface area contributed by atoms with Crippen LogP contribution in [0.3, 0.4) is 0 Å². The molecule has 0 heterocycles. The molecule has 0 aliphatic heterocycles. The lowest BCUT2D eigenvalue weighted by Crippen LogP contribution is -2.48. The molecule has 4 atom stereocenters. The van der Waals surface area contributed by atoms with Gasteiger partial charge in [0, 0.05) is 6.42 Å². The first-order valence-corrected chi connectivity index (χ1v) is 10.9. The summed E-state index contributed by atoms with van der Waals surface area (Å²) in [6.45, 7) is 0.798. The van der Waals surface area contributed by atoms with Crippen molar-refractivity contribution in [3.63, 3.8) is 0 Å². The van der Waals surface area contributed by atoms with Gasteiger partial charge in [-0.2, -0.15) is 0 Å². The van der Waals surface area contributed by atoms with Gasteiger partial charge in [0.1, 0.15) is 18.3 Å². The smallest absolute Gasteiger partial charge is 0.306 e. The molecule has 0 bridgehead atoms. The molecule has 0 aromatic rings. The zero-order valence-corrected chi connectivity index (χ0v) is 17.5. The first kappa shape index (κ1) is 27.3. The summed E-state index contributed by atoms with van der Waals surface area (Å²) in [5.74, 6) is -0.559. The van der Waals surface area contributed by atoms with E-state index >= 15 is 0 Å². The summed E-state index contributed by atoms with van der Waals surface area (Å²) in [6, 6.07) is 0. The number of aliphatic hydroxyl groups excluding tert-OH is 5. The van der Waals surface area contributed by atoms with E-state index in [0.717, 1.165) is 19.3 Å². The maximum absolute atomic E-state index is 11.8. The minimum absolute atomic E-state index is 0.180. The van der Waals surface area contributed by atoms with Gasteiger partial charge < -0.3 is 30.3 Å². The molecule has 5 N–H and O–H groups in total. The van der Waals surface area contributed by atoms with Gasteiger partial charge in [0.15, 0.2) is 6.10 Å². The van der Waals surface area contributed by atoms with Crippen molar-refractivity contribution in [2.45, 2.75) is 115 Å². The molecule has 0 radical (unpaired) electrons. The van der Waals surface area contributed by atoms with Crippen LogP contribution in [0.5, 0.6) is 0 Å². The number of hydrogen-bond acceptors (Lipinski definition) is 7. The first-order valence-electron chi connectivity index (χ1n) is 10.9. The van der Waals surface area contributed by atoms with Crippen molar-refractivity contribution < 1.29 is 35.1 Å². The SMILES string of the molecule is CCCCCCCCCCCCCCC(=O)O[C@H](CO)[C@@H](O)[C@H](O)[C@H](O)CO. The van der Waals surface area contributed by atoms with Crippen LogP contribution in [0.1, 0.15) is 90.4 Å². The van der Waals surface area contributed by atoms with Gasteiger partial charge in [0.05, 0.1) is 13.2 Å². The summed E-state index contributed by atoms with van der Waals surface area (Å²) in [4.78, 5) is 11.8. The van der Waals surface area contributed by atoms with Crippen LogP contribution in [0, 0.1) is 0 Å². The average Bonchev–Trinajstić information content (AvgIpc) is 2.71. The summed E-state index contributed by atoms with van der Waals surface area (Å²) in [6.07, 6.45) is 8.16. The largest absolute Gasteiger partial charge is 0.457 e. The van der Waals surface area contributed by atoms with E-state index in [4.69, 9.17) is 9.84 Å². The quantitative estimate of drug-likeness (QED) is 0.164. The van der Waals surface area contributed by atoms with Crippen molar-refractivity contribution in [2.24, 2.45) is 0 Å². The maximum atomic E-state index is 11.8. The Bertz CT molecular complexity index is 365. The van der Waals surface area contributed by atoms with E-state index in [2.05, 4.69) is 6.92 Å². The maximum Gasteiger partial charge on any atom is 0.306 e. The topological polar surface area (TPSA) is 127 Å². The Labute approximate surface area is 169 Å². The summed E-state index contributed by atoms with van der Waals surface area (Å²) in [5.41, 5.74) is 0. The summed E-state index contributed by atoms with van der Waals surface area (Å²) in [5, 5.41) is 46.8. The molecule has 0 aliphatic rings. The molecule has 0 rings (SSSR count). The predicted octanol–water partition coefficient (Wildman–Crippen LogP) is 2.06. The fourth-order valence-electron chi connectivity index (χ4n) is 3.11. The van der Waals surface area contributed by atoms with Gasteiger partial charge >= 0.3 is 5.97 Å². The molecule has 168 valence electrons. The lowest BCUT2D eigenvalue weighted by molar-refractivity contribution is -0.171. The highest BCUT2D eigenvalue weighted by atomic mass is 16.6. The number of esters is 1. The molecule has 0 aromatic heterocycles. The number of unbranched alkanes of at least 4 members (excludes halogenated alkanes) is 11. The van der Waals surface area contributed by atoms with Gasteiger partial charge in [-0.3, -0.25) is 4.79 Å². The van der Waals surface area contributed by atoms with Crippen molar-refractivity contribution in [2.75, 3.05) is 13.2 Å². The second-order valence-electron chi connectivity index (χ2n) is 7.58. The Hall–Kier alpha value is -0.730. The second-order valence-corrected chi connectivity index (χ2v) is 7.58. The highest BCUT2D eigenvalue weighted by Gasteiger charge is 2.33. The number of ether oxygens (including phenoxy) is 1. The molecular weight excluding hydrogens is 364 g/mol. The van der Waals surface area contributed by atoms with E-state index < -0.39 is 43.6 Å². The zero-order chi connectivity index (χ0) is 21.2. The van der Waals surface area contributed by atoms with E-state index in [1.165, 1.54) is 51.4 Å². The molecular formula is C21H42O7. The minimum atomic E-state index is -1.71. The Kier molecular flexibility index (Phi) is 17.8. The first-order chi connectivity index (χ1) is 13.5. The third-order valence-corrected chi connectivity index (χ3v) is 5.01. The predicted molar refractivity (Wildman–Crippen MR) is 108 cm³/mol. The fraction of sp³-hybridized carbons (Fsp3) is 0.952. The van der Waals surface area contributed by atoms with Crippen LogP contribution in [-0.2, 0) is 9.53 Å². The van der Waals surface area contributed by atoms with Crippen LogP contribution in [-0.4, -0.2) is 69.1 Å². The van der Waals surface area contributed by atoms with Crippen molar-refractivity contribution >= 4 is 5.97 Å². The number of rotatable bonds is 19. The van der Waals surface area contributed by atoms with Crippen LogP contribution < -0.4 is 0 Å². The lowest BCUT2D eigenvalue weighted by atomic mass is 10.0. The Morgan fingerprint density at radius 1 is 0.714 bits per heavy atom. The summed E-state index contributed by atoms with van der Waals surface area (Å²) in [7, 11) is 0. The van der Waals surface area contributed by atoms with E-state index in [0.29, 0.717) is 6.42 Å². The van der Waals surface area contributed by atoms with Gasteiger partial charge in [-0.25, -0.2) is 0 Å². The summed E-state index contributed by atoms with van der Waals surface area (Å²) >= 11 is 0. The Morgan fingerprint density at radius 3 is 1.61 bits per heavy atom. The average molecular weight is 407 g/mol. The van der Waals surface area contributed by atoms with Crippen molar-refractivity contribution in [3.05, 3.63) is 0 Å². The Balaban J connectivity index is 3.72. The molecule has 0 saturated heterocycles. The lowest BCUT2D eigenvalue weighted by Gasteiger charge is -2.27. The van der Waals surface area contributed by atoms with E-state index in [-0.39, 0.29) is 6.42 Å². The van der Waals surface area contributed by atoms with Gasteiger partial charge in [0.2, 0.25) is 0 Å². The van der Waals surface area contributed by atoms with E-state index in [1.54, 1.807) is 0 Å². The van der Waals surface area contributed by atoms with E-state index in [1.807, 2.05) is 0 Å². The minimum Gasteiger partial charge on any atom is -0.457 e. The molecule has 7 nitrogen and oxygen atoms in total. The van der Waals surface area contributed by atoms with Crippen molar-refractivity contribution in [3.8, 4) is 0 Å². The summed E-state index contributed by atoms with van der Waals surface area (Å²) < 4.78 is 4.99. The van der Waals surface area contributed by atoms with Gasteiger partial charge in [-0.1, -0.05) is 77.6 Å².